The van der Waals surface area contributed by atoms with Crippen LogP contribution < -0.4 is 5.69 Å². The van der Waals surface area contributed by atoms with E-state index in [1.165, 1.54) is 0 Å². The van der Waals surface area contributed by atoms with Gasteiger partial charge in [0.05, 0.1) is 11.0 Å². The number of H-pyrrole nitrogens is 1. The van der Waals surface area contributed by atoms with Gasteiger partial charge in [-0.15, -0.1) is 0 Å². The Bertz CT molecular complexity index is 736. The fraction of sp³-hybridized carbons (Fsp3) is 0.529. The molecule has 0 unspecified atom stereocenters. The van der Waals surface area contributed by atoms with E-state index in [4.69, 9.17) is 0 Å². The predicted octanol–water partition coefficient (Wildman–Crippen LogP) is 2.43. The number of para-hydroxylation sites is 2. The van der Waals surface area contributed by atoms with Gasteiger partial charge in [-0.3, -0.25) is 4.57 Å². The highest BCUT2D eigenvalue weighted by atomic mass is 16.2. The van der Waals surface area contributed by atoms with E-state index in [0.717, 1.165) is 37.0 Å². The summed E-state index contributed by atoms with van der Waals surface area (Å²) < 4.78 is 1.86. The van der Waals surface area contributed by atoms with Gasteiger partial charge in [-0.25, -0.2) is 9.59 Å². The van der Waals surface area contributed by atoms with E-state index < -0.39 is 0 Å². The van der Waals surface area contributed by atoms with Gasteiger partial charge < -0.3 is 14.8 Å². The molecule has 1 aromatic carbocycles. The molecule has 1 saturated heterocycles. The van der Waals surface area contributed by atoms with Crippen LogP contribution in [0.1, 0.15) is 32.7 Å². The highest BCUT2D eigenvalue weighted by Gasteiger charge is 2.27. The molecule has 0 saturated carbocycles. The Kier molecular flexibility index (Phi) is 4.41. The number of rotatable bonds is 3. The minimum absolute atomic E-state index is 0.0558. The fourth-order valence-electron chi connectivity index (χ4n) is 3.45. The number of aromatic amines is 1. The summed E-state index contributed by atoms with van der Waals surface area (Å²) in [6.07, 6.45) is 1.63. The molecule has 0 bridgehead atoms. The first-order valence-corrected chi connectivity index (χ1v) is 8.38. The molecular formula is C17H24N4O2. The molecular weight excluding hydrogens is 292 g/mol. The van der Waals surface area contributed by atoms with Gasteiger partial charge in [0, 0.05) is 32.2 Å². The number of imidazole rings is 1. The fourth-order valence-corrected chi connectivity index (χ4v) is 3.45. The van der Waals surface area contributed by atoms with Crippen molar-refractivity contribution in [2.75, 3.05) is 26.2 Å². The van der Waals surface area contributed by atoms with Gasteiger partial charge in [-0.05, 0) is 38.8 Å². The van der Waals surface area contributed by atoms with Crippen molar-refractivity contribution in [3.05, 3.63) is 34.7 Å². The average molecular weight is 316 g/mol. The first kappa shape index (κ1) is 15.6. The van der Waals surface area contributed by atoms with Crippen molar-refractivity contribution in [1.82, 2.24) is 19.4 Å². The van der Waals surface area contributed by atoms with Crippen molar-refractivity contribution in [2.45, 2.75) is 32.7 Å². The summed E-state index contributed by atoms with van der Waals surface area (Å²) in [6, 6.07) is 8.03. The minimum Gasteiger partial charge on any atom is -0.325 e. The van der Waals surface area contributed by atoms with Crippen LogP contribution >= 0.6 is 0 Å². The lowest BCUT2D eigenvalue weighted by molar-refractivity contribution is 0.137. The molecule has 1 N–H and O–H groups in total. The second-order valence-corrected chi connectivity index (χ2v) is 5.99. The molecule has 2 amide bonds. The van der Waals surface area contributed by atoms with E-state index in [0.29, 0.717) is 13.1 Å². The maximum atomic E-state index is 12.4. The first-order chi connectivity index (χ1) is 11.2. The third-order valence-electron chi connectivity index (χ3n) is 4.76. The Morgan fingerprint density at radius 2 is 1.87 bits per heavy atom. The molecule has 23 heavy (non-hydrogen) atoms. The van der Waals surface area contributed by atoms with Gasteiger partial charge in [0.1, 0.15) is 0 Å². The zero-order valence-electron chi connectivity index (χ0n) is 13.8. The SMILES string of the molecule is CCN(CC)C(=O)N1CCC(n2c(=O)[nH]c3ccccc32)CC1. The molecule has 1 aliphatic rings. The van der Waals surface area contributed by atoms with Crippen LogP contribution in [0.25, 0.3) is 11.0 Å². The van der Waals surface area contributed by atoms with Gasteiger partial charge in [0.25, 0.3) is 0 Å². The van der Waals surface area contributed by atoms with Gasteiger partial charge in [0.2, 0.25) is 0 Å². The van der Waals surface area contributed by atoms with Crippen LogP contribution in [-0.4, -0.2) is 51.6 Å². The Balaban J connectivity index is 1.75. The van der Waals surface area contributed by atoms with E-state index in [9.17, 15) is 9.59 Å². The lowest BCUT2D eigenvalue weighted by Crippen LogP contribution is -2.47. The van der Waals surface area contributed by atoms with Gasteiger partial charge >= 0.3 is 11.7 Å². The maximum absolute atomic E-state index is 12.4. The molecule has 3 rings (SSSR count). The second-order valence-electron chi connectivity index (χ2n) is 5.99. The molecule has 1 fully saturated rings. The molecule has 0 aliphatic carbocycles. The highest BCUT2D eigenvalue weighted by molar-refractivity contribution is 5.75. The predicted molar refractivity (Wildman–Crippen MR) is 90.7 cm³/mol. The standard InChI is InChI=1S/C17H24N4O2/c1-3-19(4-2)17(23)20-11-9-13(10-12-20)21-15-8-6-5-7-14(15)18-16(21)22/h5-8,13H,3-4,9-12H2,1-2H3,(H,18,22). The molecule has 124 valence electrons. The van der Waals surface area contributed by atoms with Gasteiger partial charge in [0.15, 0.2) is 0 Å². The number of nitrogens with one attached hydrogen (secondary N) is 1. The number of likely N-dealkylation sites (tertiary alicyclic amines) is 1. The van der Waals surface area contributed by atoms with Crippen molar-refractivity contribution >= 4 is 17.1 Å². The van der Waals surface area contributed by atoms with Crippen LogP contribution in [0.3, 0.4) is 0 Å². The summed E-state index contributed by atoms with van der Waals surface area (Å²) in [6.45, 7) is 6.87. The number of hydrogen-bond donors (Lipinski definition) is 1. The molecule has 0 atom stereocenters. The van der Waals surface area contributed by atoms with Crippen molar-refractivity contribution in [1.29, 1.82) is 0 Å². The second kappa shape index (κ2) is 6.48. The molecule has 2 aromatic rings. The topological polar surface area (TPSA) is 61.3 Å². The first-order valence-electron chi connectivity index (χ1n) is 8.38. The van der Waals surface area contributed by atoms with Crippen LogP contribution in [-0.2, 0) is 0 Å². The summed E-state index contributed by atoms with van der Waals surface area (Å²) in [5.74, 6) is 0. The Labute approximate surface area is 135 Å². The van der Waals surface area contributed by atoms with Crippen LogP contribution in [0.5, 0.6) is 0 Å². The summed E-state index contributed by atoms with van der Waals surface area (Å²) in [5, 5.41) is 0. The number of nitrogens with zero attached hydrogens (tertiary/aromatic N) is 3. The molecule has 2 heterocycles. The smallest absolute Gasteiger partial charge is 0.325 e. The minimum atomic E-state index is -0.0558. The summed E-state index contributed by atoms with van der Waals surface area (Å²) in [7, 11) is 0. The summed E-state index contributed by atoms with van der Waals surface area (Å²) in [5.41, 5.74) is 1.77. The normalized spacial score (nSPS) is 16.0. The molecule has 6 heteroatoms. The zero-order chi connectivity index (χ0) is 16.4. The van der Waals surface area contributed by atoms with Crippen molar-refractivity contribution < 1.29 is 4.79 Å². The van der Waals surface area contributed by atoms with E-state index >= 15 is 0 Å². The van der Waals surface area contributed by atoms with E-state index in [1.54, 1.807) is 0 Å². The summed E-state index contributed by atoms with van der Waals surface area (Å²) >= 11 is 0. The number of carbonyl (C=O) groups is 1. The van der Waals surface area contributed by atoms with Crippen molar-refractivity contribution in [2.24, 2.45) is 0 Å². The number of urea groups is 1. The lowest BCUT2D eigenvalue weighted by atomic mass is 10.0. The summed E-state index contributed by atoms with van der Waals surface area (Å²) in [4.78, 5) is 31.3. The van der Waals surface area contributed by atoms with E-state index in [-0.39, 0.29) is 17.8 Å². The number of amides is 2. The molecule has 1 aromatic heterocycles. The molecule has 0 spiro atoms. The molecule has 1 aliphatic heterocycles. The van der Waals surface area contributed by atoms with Crippen LogP contribution in [0.15, 0.2) is 29.1 Å². The number of hydrogen-bond acceptors (Lipinski definition) is 2. The number of fused-ring (bicyclic) bond motifs is 1. The van der Waals surface area contributed by atoms with Crippen LogP contribution in [0, 0.1) is 0 Å². The van der Waals surface area contributed by atoms with Crippen LogP contribution in [0.2, 0.25) is 0 Å². The van der Waals surface area contributed by atoms with E-state index in [1.807, 2.05) is 52.5 Å². The largest absolute Gasteiger partial charge is 0.326 e. The van der Waals surface area contributed by atoms with Crippen molar-refractivity contribution in [3.8, 4) is 0 Å². The molecule has 6 nitrogen and oxygen atoms in total. The third kappa shape index (κ3) is 2.85. The third-order valence-corrected chi connectivity index (χ3v) is 4.76. The molecule has 0 radical (unpaired) electrons. The average Bonchev–Trinajstić information content (AvgIpc) is 2.91. The number of piperidine rings is 1. The number of aromatic nitrogens is 2. The Morgan fingerprint density at radius 3 is 2.52 bits per heavy atom. The van der Waals surface area contributed by atoms with Gasteiger partial charge in [-0.1, -0.05) is 12.1 Å². The monoisotopic (exact) mass is 316 g/mol. The van der Waals surface area contributed by atoms with Crippen molar-refractivity contribution in [3.63, 3.8) is 0 Å². The van der Waals surface area contributed by atoms with E-state index in [2.05, 4.69) is 4.98 Å². The maximum Gasteiger partial charge on any atom is 0.326 e. The number of benzene rings is 1. The Morgan fingerprint density at radius 1 is 1.22 bits per heavy atom. The quantitative estimate of drug-likeness (QED) is 0.945. The number of carbonyl (C=O) groups excluding carboxylic acids is 1. The van der Waals surface area contributed by atoms with Gasteiger partial charge in [-0.2, -0.15) is 0 Å². The highest BCUT2D eigenvalue weighted by Crippen LogP contribution is 2.25. The van der Waals surface area contributed by atoms with Crippen LogP contribution in [0.4, 0.5) is 4.79 Å². The zero-order valence-corrected chi connectivity index (χ0v) is 13.8. The lowest BCUT2D eigenvalue weighted by Gasteiger charge is -2.35. The Hall–Kier alpha value is -2.24.